The second-order valence-electron chi connectivity index (χ2n) is 2.77. The van der Waals surface area contributed by atoms with Crippen LogP contribution in [0.3, 0.4) is 0 Å². The summed E-state index contributed by atoms with van der Waals surface area (Å²) in [4.78, 5) is 0. The molecule has 0 fully saturated rings. The van der Waals surface area contributed by atoms with Crippen molar-refractivity contribution in [2.24, 2.45) is 0 Å². The highest BCUT2D eigenvalue weighted by Crippen LogP contribution is 2.11. The first kappa shape index (κ1) is 9.20. The molecule has 0 heterocycles. The van der Waals surface area contributed by atoms with Crippen molar-refractivity contribution in [2.75, 3.05) is 12.5 Å². The number of hydrogen-bond acceptors (Lipinski definition) is 1. The Balaban J connectivity index is 2.71. The second kappa shape index (κ2) is 4.21. The second-order valence-corrected chi connectivity index (χ2v) is 4.81. The molecule has 2 heteroatoms. The van der Waals surface area contributed by atoms with Gasteiger partial charge in [0, 0.05) is 10.9 Å². The summed E-state index contributed by atoms with van der Waals surface area (Å²) in [5, 5.41) is 11.2. The van der Waals surface area contributed by atoms with Gasteiger partial charge in [-0.3, -0.25) is 0 Å². The van der Waals surface area contributed by atoms with Gasteiger partial charge in [0.05, 0.1) is 0 Å². The van der Waals surface area contributed by atoms with E-state index >= 15 is 0 Å². The summed E-state index contributed by atoms with van der Waals surface area (Å²) in [6.07, 6.45) is 6.40. The minimum atomic E-state index is 0.319. The molecule has 1 aromatic carbocycles. The molecule has 1 rings (SSSR count). The first-order chi connectivity index (χ1) is 5.68. The SMILES string of the molecule is C[S+](C)/C=C/c1ccc(O)cc1. The molecule has 0 bridgehead atoms. The fraction of sp³-hybridized carbons (Fsp3) is 0.200. The van der Waals surface area contributed by atoms with Crippen LogP contribution in [0, 0.1) is 0 Å². The number of aromatic hydroxyl groups is 1. The van der Waals surface area contributed by atoms with Crippen LogP contribution in [0.15, 0.2) is 29.7 Å². The summed E-state index contributed by atoms with van der Waals surface area (Å²) in [7, 11) is 0.336. The number of rotatable bonds is 2. The maximum Gasteiger partial charge on any atom is 0.119 e. The minimum Gasteiger partial charge on any atom is -0.508 e. The molecule has 1 nitrogen and oxygen atoms in total. The van der Waals surface area contributed by atoms with Crippen LogP contribution in [-0.4, -0.2) is 17.6 Å². The van der Waals surface area contributed by atoms with Gasteiger partial charge in [0.2, 0.25) is 0 Å². The molecule has 64 valence electrons. The minimum absolute atomic E-state index is 0.319. The third-order valence-electron chi connectivity index (χ3n) is 1.43. The van der Waals surface area contributed by atoms with Gasteiger partial charge in [-0.2, -0.15) is 0 Å². The van der Waals surface area contributed by atoms with E-state index in [4.69, 9.17) is 5.11 Å². The standard InChI is InChI=1S/C10H12OS/c1-12(2)8-7-9-3-5-10(11)6-4-9/h3-8H,1-2H3/p+1/b8-7+. The highest BCUT2D eigenvalue weighted by Gasteiger charge is 1.93. The Labute approximate surface area is 76.1 Å². The van der Waals surface area contributed by atoms with E-state index in [-0.39, 0.29) is 0 Å². The van der Waals surface area contributed by atoms with Gasteiger partial charge < -0.3 is 5.11 Å². The molecular weight excluding hydrogens is 168 g/mol. The maximum absolute atomic E-state index is 9.01. The molecule has 0 unspecified atom stereocenters. The van der Waals surface area contributed by atoms with Crippen LogP contribution >= 0.6 is 0 Å². The van der Waals surface area contributed by atoms with Crippen LogP contribution in [0.25, 0.3) is 6.08 Å². The Morgan fingerprint density at radius 3 is 2.25 bits per heavy atom. The highest BCUT2D eigenvalue weighted by molar-refractivity contribution is 7.98. The van der Waals surface area contributed by atoms with E-state index in [1.54, 1.807) is 12.1 Å². The average molecular weight is 181 g/mol. The molecule has 12 heavy (non-hydrogen) atoms. The summed E-state index contributed by atoms with van der Waals surface area (Å²) in [6.45, 7) is 0. The molecule has 1 N–H and O–H groups in total. The van der Waals surface area contributed by atoms with Crippen LogP contribution in [0.5, 0.6) is 5.75 Å². The molecule has 0 spiro atoms. The van der Waals surface area contributed by atoms with Gasteiger partial charge in [0.1, 0.15) is 23.7 Å². The van der Waals surface area contributed by atoms with Crippen molar-refractivity contribution in [2.45, 2.75) is 0 Å². The zero-order valence-electron chi connectivity index (χ0n) is 7.32. The predicted molar refractivity (Wildman–Crippen MR) is 56.4 cm³/mol. The molecule has 0 aliphatic rings. The Morgan fingerprint density at radius 1 is 1.17 bits per heavy atom. The highest BCUT2D eigenvalue weighted by atomic mass is 32.2. The lowest BCUT2D eigenvalue weighted by atomic mass is 10.2. The summed E-state index contributed by atoms with van der Waals surface area (Å²) < 4.78 is 0. The van der Waals surface area contributed by atoms with E-state index in [1.807, 2.05) is 12.1 Å². The van der Waals surface area contributed by atoms with Crippen LogP contribution in [0.2, 0.25) is 0 Å². The fourth-order valence-corrected chi connectivity index (χ4v) is 1.23. The van der Waals surface area contributed by atoms with E-state index in [0.29, 0.717) is 16.6 Å². The normalized spacial score (nSPS) is 11.2. The predicted octanol–water partition coefficient (Wildman–Crippen LogP) is 2.24. The van der Waals surface area contributed by atoms with Crippen LogP contribution in [-0.2, 0) is 10.9 Å². The Kier molecular flexibility index (Phi) is 3.23. The van der Waals surface area contributed by atoms with E-state index in [1.165, 1.54) is 0 Å². The van der Waals surface area contributed by atoms with E-state index in [9.17, 15) is 0 Å². The van der Waals surface area contributed by atoms with Crippen molar-refractivity contribution in [1.82, 2.24) is 0 Å². The molecule has 0 amide bonds. The lowest BCUT2D eigenvalue weighted by Crippen LogP contribution is -1.85. The van der Waals surface area contributed by atoms with Gasteiger partial charge in [-0.05, 0) is 23.8 Å². The third kappa shape index (κ3) is 3.01. The maximum atomic E-state index is 9.01. The smallest absolute Gasteiger partial charge is 0.119 e. The molecule has 0 atom stereocenters. The molecule has 0 saturated carbocycles. The number of phenols is 1. The van der Waals surface area contributed by atoms with Crippen molar-refractivity contribution in [3.8, 4) is 5.75 Å². The van der Waals surface area contributed by atoms with Crippen LogP contribution in [0.4, 0.5) is 0 Å². The van der Waals surface area contributed by atoms with Crippen LogP contribution < -0.4 is 0 Å². The number of hydrogen-bond donors (Lipinski definition) is 1. The first-order valence-electron chi connectivity index (χ1n) is 3.72. The largest absolute Gasteiger partial charge is 0.508 e. The summed E-state index contributed by atoms with van der Waals surface area (Å²) in [5.41, 5.74) is 1.13. The molecule has 0 aliphatic carbocycles. The monoisotopic (exact) mass is 181 g/mol. The summed E-state index contributed by atoms with van der Waals surface area (Å²) in [6, 6.07) is 7.20. The third-order valence-corrected chi connectivity index (χ3v) is 2.11. The topological polar surface area (TPSA) is 20.2 Å². The Hall–Kier alpha value is -0.890. The average Bonchev–Trinajstić information content (AvgIpc) is 2.03. The van der Waals surface area contributed by atoms with Crippen molar-refractivity contribution in [3.05, 3.63) is 35.2 Å². The molecule has 0 saturated heterocycles. The Morgan fingerprint density at radius 2 is 1.75 bits per heavy atom. The van der Waals surface area contributed by atoms with Crippen molar-refractivity contribution >= 4 is 17.0 Å². The van der Waals surface area contributed by atoms with Gasteiger partial charge in [0.25, 0.3) is 0 Å². The lowest BCUT2D eigenvalue weighted by molar-refractivity contribution is 0.475. The lowest BCUT2D eigenvalue weighted by Gasteiger charge is -1.92. The summed E-state index contributed by atoms with van der Waals surface area (Å²) >= 11 is 0. The molecule has 0 aromatic heterocycles. The van der Waals surface area contributed by atoms with Gasteiger partial charge >= 0.3 is 0 Å². The van der Waals surface area contributed by atoms with Crippen LogP contribution in [0.1, 0.15) is 5.56 Å². The quantitative estimate of drug-likeness (QED) is 0.694. The van der Waals surface area contributed by atoms with Crippen molar-refractivity contribution in [1.29, 1.82) is 0 Å². The molecule has 1 aromatic rings. The zero-order chi connectivity index (χ0) is 8.97. The molecular formula is C10H13OS+. The molecule has 0 aliphatic heterocycles. The van der Waals surface area contributed by atoms with E-state index in [2.05, 4.69) is 24.0 Å². The van der Waals surface area contributed by atoms with Crippen molar-refractivity contribution in [3.63, 3.8) is 0 Å². The first-order valence-corrected chi connectivity index (χ1v) is 5.82. The fourth-order valence-electron chi connectivity index (χ4n) is 0.800. The number of phenolic OH excluding ortho intramolecular Hbond substituents is 1. The van der Waals surface area contributed by atoms with E-state index < -0.39 is 0 Å². The van der Waals surface area contributed by atoms with Crippen molar-refractivity contribution < 1.29 is 5.11 Å². The van der Waals surface area contributed by atoms with Gasteiger partial charge in [0.15, 0.2) is 0 Å². The van der Waals surface area contributed by atoms with Gasteiger partial charge in [-0.15, -0.1) is 0 Å². The number of benzene rings is 1. The summed E-state index contributed by atoms with van der Waals surface area (Å²) in [5.74, 6) is 0.319. The van der Waals surface area contributed by atoms with Gasteiger partial charge in [-0.25, -0.2) is 0 Å². The Bertz CT molecular complexity index is 262. The zero-order valence-corrected chi connectivity index (χ0v) is 8.14. The molecule has 0 radical (unpaired) electrons. The van der Waals surface area contributed by atoms with Gasteiger partial charge in [-0.1, -0.05) is 12.1 Å². The van der Waals surface area contributed by atoms with E-state index in [0.717, 1.165) is 5.56 Å².